The van der Waals surface area contributed by atoms with Crippen LogP contribution in [0.5, 0.6) is 0 Å². The van der Waals surface area contributed by atoms with Crippen LogP contribution in [0.4, 0.5) is 0 Å². The van der Waals surface area contributed by atoms with Crippen molar-refractivity contribution in [3.8, 4) is 0 Å². The molecule has 1 atom stereocenters. The first-order valence-electron chi connectivity index (χ1n) is 7.63. The van der Waals surface area contributed by atoms with Crippen LogP contribution in [-0.2, 0) is 10.8 Å². The van der Waals surface area contributed by atoms with Crippen molar-refractivity contribution in [2.24, 2.45) is 0 Å². The summed E-state index contributed by atoms with van der Waals surface area (Å²) in [5.74, 6) is 0. The lowest BCUT2D eigenvalue weighted by Gasteiger charge is -2.45. The summed E-state index contributed by atoms with van der Waals surface area (Å²) in [6.45, 7) is 9.46. The van der Waals surface area contributed by atoms with E-state index in [4.69, 9.17) is 0 Å². The van der Waals surface area contributed by atoms with Crippen molar-refractivity contribution in [2.45, 2.75) is 51.4 Å². The van der Waals surface area contributed by atoms with Crippen molar-refractivity contribution < 1.29 is 0 Å². The van der Waals surface area contributed by atoms with Crippen LogP contribution < -0.4 is 0 Å². The molecule has 0 bridgehead atoms. The minimum atomic E-state index is 0.103. The zero-order valence-corrected chi connectivity index (χ0v) is 13.2. The Bertz CT molecular complexity index is 524. The molecule has 0 radical (unpaired) electrons. The van der Waals surface area contributed by atoms with Gasteiger partial charge in [0, 0.05) is 5.41 Å². The molecule has 106 valence electrons. The van der Waals surface area contributed by atoms with Gasteiger partial charge >= 0.3 is 0 Å². The fraction of sp³-hybridized carbons (Fsp3) is 0.400. The van der Waals surface area contributed by atoms with Crippen molar-refractivity contribution in [1.82, 2.24) is 0 Å². The number of hydrogen-bond donors (Lipinski definition) is 0. The fourth-order valence-electron chi connectivity index (χ4n) is 3.30. The maximum Gasteiger partial charge on any atom is 0.00161 e. The Hall–Kier alpha value is -1.56. The molecule has 0 aliphatic carbocycles. The van der Waals surface area contributed by atoms with Gasteiger partial charge in [-0.3, -0.25) is 0 Å². The summed E-state index contributed by atoms with van der Waals surface area (Å²) in [7, 11) is 0. The van der Waals surface area contributed by atoms with Gasteiger partial charge in [-0.2, -0.15) is 0 Å². The molecule has 2 aromatic rings. The second kappa shape index (κ2) is 5.83. The molecular formula is C20H26. The van der Waals surface area contributed by atoms with Crippen LogP contribution in [0.2, 0.25) is 0 Å². The Kier molecular flexibility index (Phi) is 4.32. The van der Waals surface area contributed by atoms with Crippen molar-refractivity contribution in [1.29, 1.82) is 0 Å². The van der Waals surface area contributed by atoms with E-state index in [2.05, 4.69) is 88.4 Å². The van der Waals surface area contributed by atoms with Gasteiger partial charge in [-0.25, -0.2) is 0 Å². The number of hydrogen-bond acceptors (Lipinski definition) is 0. The Morgan fingerprint density at radius 1 is 0.700 bits per heavy atom. The number of benzene rings is 2. The van der Waals surface area contributed by atoms with E-state index in [1.54, 1.807) is 0 Å². The largest absolute Gasteiger partial charge is 0.0654 e. The zero-order valence-electron chi connectivity index (χ0n) is 13.2. The first-order valence-corrected chi connectivity index (χ1v) is 7.63. The van der Waals surface area contributed by atoms with Crippen LogP contribution >= 0.6 is 0 Å². The molecule has 20 heavy (non-hydrogen) atoms. The van der Waals surface area contributed by atoms with Gasteiger partial charge in [-0.1, -0.05) is 94.8 Å². The van der Waals surface area contributed by atoms with E-state index < -0.39 is 0 Å². The molecule has 2 rings (SSSR count). The standard InChI is InChI=1S/C20H26/c1-5-16-20(4,18-14-10-7-11-15-18)19(2,3)17-12-8-6-9-13-17/h6-15H,5,16H2,1-4H3. The van der Waals surface area contributed by atoms with Crippen LogP contribution in [0.1, 0.15) is 51.7 Å². The highest BCUT2D eigenvalue weighted by Crippen LogP contribution is 2.46. The predicted octanol–water partition coefficient (Wildman–Crippen LogP) is 5.72. The lowest BCUT2D eigenvalue weighted by atomic mass is 9.58. The molecule has 0 spiro atoms. The molecule has 0 aliphatic heterocycles. The average Bonchev–Trinajstić information content (AvgIpc) is 2.49. The summed E-state index contributed by atoms with van der Waals surface area (Å²) >= 11 is 0. The van der Waals surface area contributed by atoms with Crippen molar-refractivity contribution >= 4 is 0 Å². The second-order valence-electron chi connectivity index (χ2n) is 6.44. The van der Waals surface area contributed by atoms with E-state index in [9.17, 15) is 0 Å². The summed E-state index contributed by atoms with van der Waals surface area (Å²) in [5.41, 5.74) is 3.10. The first kappa shape index (κ1) is 14.8. The molecule has 2 aromatic carbocycles. The van der Waals surface area contributed by atoms with E-state index >= 15 is 0 Å². The Morgan fingerprint density at radius 3 is 1.60 bits per heavy atom. The Morgan fingerprint density at radius 2 is 1.15 bits per heavy atom. The van der Waals surface area contributed by atoms with E-state index in [0.717, 1.165) is 0 Å². The van der Waals surface area contributed by atoms with Crippen molar-refractivity contribution in [3.05, 3.63) is 71.8 Å². The summed E-state index contributed by atoms with van der Waals surface area (Å²) in [6, 6.07) is 21.9. The first-order chi connectivity index (χ1) is 9.52. The lowest BCUT2D eigenvalue weighted by molar-refractivity contribution is 0.255. The highest BCUT2D eigenvalue weighted by atomic mass is 14.5. The maximum absolute atomic E-state index is 2.42. The predicted molar refractivity (Wildman–Crippen MR) is 88.2 cm³/mol. The monoisotopic (exact) mass is 266 g/mol. The van der Waals surface area contributed by atoms with Gasteiger partial charge in [0.05, 0.1) is 0 Å². The van der Waals surface area contributed by atoms with Gasteiger partial charge in [-0.05, 0) is 23.0 Å². The highest BCUT2D eigenvalue weighted by molar-refractivity contribution is 5.36. The van der Waals surface area contributed by atoms with Crippen LogP contribution in [-0.4, -0.2) is 0 Å². The molecule has 0 heterocycles. The van der Waals surface area contributed by atoms with Gasteiger partial charge in [0.25, 0.3) is 0 Å². The van der Waals surface area contributed by atoms with Crippen molar-refractivity contribution in [3.63, 3.8) is 0 Å². The van der Waals surface area contributed by atoms with E-state index in [1.807, 2.05) is 0 Å². The van der Waals surface area contributed by atoms with Gasteiger partial charge in [0.2, 0.25) is 0 Å². The summed E-state index contributed by atoms with van der Waals surface area (Å²) < 4.78 is 0. The molecule has 0 amide bonds. The van der Waals surface area contributed by atoms with Crippen LogP contribution in [0.25, 0.3) is 0 Å². The third kappa shape index (κ3) is 2.52. The molecule has 0 fully saturated rings. The summed E-state index contributed by atoms with van der Waals surface area (Å²) in [4.78, 5) is 0. The molecule has 0 aliphatic rings. The molecule has 0 saturated carbocycles. The SMILES string of the molecule is CCCC(C)(c1ccccc1)C(C)(C)c1ccccc1. The Labute approximate surface area is 123 Å². The van der Waals surface area contributed by atoms with Crippen LogP contribution in [0.15, 0.2) is 60.7 Å². The molecule has 0 N–H and O–H groups in total. The van der Waals surface area contributed by atoms with Gasteiger partial charge in [-0.15, -0.1) is 0 Å². The zero-order chi connectivity index (χ0) is 14.6. The van der Waals surface area contributed by atoms with E-state index in [1.165, 1.54) is 24.0 Å². The molecule has 0 heteroatoms. The third-order valence-corrected chi connectivity index (χ3v) is 5.04. The highest BCUT2D eigenvalue weighted by Gasteiger charge is 2.42. The Balaban J connectivity index is 2.53. The van der Waals surface area contributed by atoms with Gasteiger partial charge in [0.15, 0.2) is 0 Å². The minimum Gasteiger partial charge on any atom is -0.0654 e. The second-order valence-corrected chi connectivity index (χ2v) is 6.44. The van der Waals surface area contributed by atoms with Gasteiger partial charge in [0.1, 0.15) is 0 Å². The average molecular weight is 266 g/mol. The summed E-state index contributed by atoms with van der Waals surface area (Å²) in [6.07, 6.45) is 2.39. The topological polar surface area (TPSA) is 0 Å². The van der Waals surface area contributed by atoms with Crippen LogP contribution in [0.3, 0.4) is 0 Å². The summed E-state index contributed by atoms with van der Waals surface area (Å²) in [5, 5.41) is 0. The number of rotatable bonds is 5. The fourth-order valence-corrected chi connectivity index (χ4v) is 3.30. The van der Waals surface area contributed by atoms with Gasteiger partial charge < -0.3 is 0 Å². The lowest BCUT2D eigenvalue weighted by Crippen LogP contribution is -2.42. The molecule has 1 unspecified atom stereocenters. The molecule has 0 saturated heterocycles. The minimum absolute atomic E-state index is 0.103. The molecule has 0 aromatic heterocycles. The smallest absolute Gasteiger partial charge is 0.00161 e. The van der Waals surface area contributed by atoms with Crippen molar-refractivity contribution in [2.75, 3.05) is 0 Å². The normalized spacial score (nSPS) is 14.8. The third-order valence-electron chi connectivity index (χ3n) is 5.04. The van der Waals surface area contributed by atoms with E-state index in [0.29, 0.717) is 0 Å². The molecule has 0 nitrogen and oxygen atoms in total. The van der Waals surface area contributed by atoms with E-state index in [-0.39, 0.29) is 10.8 Å². The maximum atomic E-state index is 2.42. The quantitative estimate of drug-likeness (QED) is 0.649. The van der Waals surface area contributed by atoms with Crippen LogP contribution in [0, 0.1) is 0 Å². The molecular weight excluding hydrogens is 240 g/mol.